The van der Waals surface area contributed by atoms with Gasteiger partial charge in [0.05, 0.1) is 6.10 Å². The first-order chi connectivity index (χ1) is 19.1. The number of nitrogens with one attached hydrogen (secondary N) is 2. The van der Waals surface area contributed by atoms with E-state index in [-0.39, 0.29) is 17.4 Å². The summed E-state index contributed by atoms with van der Waals surface area (Å²) in [4.78, 5) is 11.7. The van der Waals surface area contributed by atoms with Crippen LogP contribution in [-0.4, -0.2) is 49.2 Å². The van der Waals surface area contributed by atoms with Crippen molar-refractivity contribution in [3.05, 3.63) is 11.6 Å². The molecule has 10 atom stereocenters. The van der Waals surface area contributed by atoms with Crippen molar-refractivity contribution in [1.29, 1.82) is 0 Å². The molecule has 0 aromatic carbocycles. The van der Waals surface area contributed by atoms with Crippen molar-refractivity contribution in [2.75, 3.05) is 26.2 Å². The zero-order valence-corrected chi connectivity index (χ0v) is 26.6. The second kappa shape index (κ2) is 14.1. The van der Waals surface area contributed by atoms with Gasteiger partial charge in [-0.2, -0.15) is 0 Å². The van der Waals surface area contributed by atoms with Crippen LogP contribution in [0.1, 0.15) is 118 Å². The summed E-state index contributed by atoms with van der Waals surface area (Å²) >= 11 is 0. The molecule has 3 unspecified atom stereocenters. The minimum absolute atomic E-state index is 0.201. The molecule has 0 aromatic heterocycles. The lowest BCUT2D eigenvalue weighted by atomic mass is 9.46. The van der Waals surface area contributed by atoms with Gasteiger partial charge in [-0.05, 0) is 144 Å². The van der Waals surface area contributed by atoms with Crippen LogP contribution in [0.5, 0.6) is 0 Å². The summed E-state index contributed by atoms with van der Waals surface area (Å²) in [5.41, 5.74) is 7.75. The van der Waals surface area contributed by atoms with Crippen LogP contribution >= 0.6 is 0 Å². The van der Waals surface area contributed by atoms with Gasteiger partial charge in [0.25, 0.3) is 0 Å². The first-order valence-electron chi connectivity index (χ1n) is 17.2. The summed E-state index contributed by atoms with van der Waals surface area (Å²) in [7, 11) is 0. The SMILES string of the molecule is CC(=O)[C@H](C)CCC[C@@H](C)[C@H]1CCC2C3C(CC[C@@]21C)[C@@]1(C)CC[C@H](NCCCNCCCCN)CC1=C[C@H]3O. The molecule has 3 saturated carbocycles. The molecule has 5 nitrogen and oxygen atoms in total. The average molecular weight is 558 g/mol. The van der Waals surface area contributed by atoms with E-state index < -0.39 is 0 Å². The third kappa shape index (κ3) is 6.90. The summed E-state index contributed by atoms with van der Waals surface area (Å²) in [6.45, 7) is 15.4. The molecule has 5 heteroatoms. The number of unbranched alkanes of at least 4 members (excludes halogenated alkanes) is 1. The number of rotatable bonds is 15. The molecule has 0 spiro atoms. The average Bonchev–Trinajstić information content (AvgIpc) is 3.27. The third-order valence-corrected chi connectivity index (χ3v) is 12.7. The van der Waals surface area contributed by atoms with Crippen molar-refractivity contribution in [3.8, 4) is 0 Å². The summed E-state index contributed by atoms with van der Waals surface area (Å²) in [5, 5.41) is 19.1. The van der Waals surface area contributed by atoms with E-state index in [4.69, 9.17) is 5.73 Å². The predicted molar refractivity (Wildman–Crippen MR) is 167 cm³/mol. The molecule has 5 N–H and O–H groups in total. The third-order valence-electron chi connectivity index (χ3n) is 12.7. The molecule has 40 heavy (non-hydrogen) atoms. The molecule has 0 saturated heterocycles. The highest BCUT2D eigenvalue weighted by Crippen LogP contribution is 2.67. The molecule has 4 aliphatic rings. The number of aliphatic hydroxyl groups is 1. The fraction of sp³-hybridized carbons (Fsp3) is 0.914. The zero-order valence-electron chi connectivity index (χ0n) is 26.6. The number of carbonyl (C=O) groups is 1. The smallest absolute Gasteiger partial charge is 0.132 e. The van der Waals surface area contributed by atoms with Crippen LogP contribution in [0.25, 0.3) is 0 Å². The highest BCUT2D eigenvalue weighted by molar-refractivity contribution is 5.77. The minimum Gasteiger partial charge on any atom is -0.389 e. The Balaban J connectivity index is 1.32. The van der Waals surface area contributed by atoms with E-state index >= 15 is 0 Å². The molecule has 0 bridgehead atoms. The number of hydrogen-bond donors (Lipinski definition) is 4. The maximum absolute atomic E-state index is 11.7. The second-order valence-corrected chi connectivity index (χ2v) is 15.0. The molecule has 3 fully saturated rings. The lowest BCUT2D eigenvalue weighted by Crippen LogP contribution is -2.55. The summed E-state index contributed by atoms with van der Waals surface area (Å²) in [6.07, 6.45) is 17.8. The quantitative estimate of drug-likeness (QED) is 0.141. The Morgan fingerprint density at radius 2 is 1.77 bits per heavy atom. The minimum atomic E-state index is -0.278. The van der Waals surface area contributed by atoms with Gasteiger partial charge in [0, 0.05) is 12.0 Å². The maximum atomic E-state index is 11.7. The highest BCUT2D eigenvalue weighted by atomic mass is 16.3. The van der Waals surface area contributed by atoms with Crippen LogP contribution in [0.4, 0.5) is 0 Å². The second-order valence-electron chi connectivity index (χ2n) is 15.0. The Hall–Kier alpha value is -0.750. The molecule has 0 aromatic rings. The van der Waals surface area contributed by atoms with E-state index in [2.05, 4.69) is 44.4 Å². The van der Waals surface area contributed by atoms with Gasteiger partial charge in [-0.3, -0.25) is 4.79 Å². The predicted octanol–water partition coefficient (Wildman–Crippen LogP) is 6.24. The Morgan fingerprint density at radius 1 is 1.00 bits per heavy atom. The zero-order chi connectivity index (χ0) is 28.9. The van der Waals surface area contributed by atoms with Gasteiger partial charge in [0.2, 0.25) is 0 Å². The molecule has 4 aliphatic carbocycles. The van der Waals surface area contributed by atoms with Crippen molar-refractivity contribution in [2.45, 2.75) is 130 Å². The molecule has 0 radical (unpaired) electrons. The van der Waals surface area contributed by atoms with Gasteiger partial charge < -0.3 is 21.5 Å². The monoisotopic (exact) mass is 557 g/mol. The van der Waals surface area contributed by atoms with E-state index in [9.17, 15) is 9.90 Å². The number of Topliss-reactive ketones (excluding diaryl/α,β-unsaturated/α-hetero) is 1. The fourth-order valence-corrected chi connectivity index (χ4v) is 9.99. The first-order valence-corrected chi connectivity index (χ1v) is 17.2. The Morgan fingerprint density at radius 3 is 2.52 bits per heavy atom. The lowest BCUT2D eigenvalue weighted by Gasteiger charge is -2.59. The Labute approximate surface area is 246 Å². The van der Waals surface area contributed by atoms with Crippen LogP contribution in [0.3, 0.4) is 0 Å². The number of aliphatic hydroxyl groups excluding tert-OH is 1. The Bertz CT molecular complexity index is 860. The molecule has 230 valence electrons. The van der Waals surface area contributed by atoms with Crippen LogP contribution in [0.2, 0.25) is 0 Å². The van der Waals surface area contributed by atoms with E-state index in [1.165, 1.54) is 64.2 Å². The topological polar surface area (TPSA) is 87.4 Å². The largest absolute Gasteiger partial charge is 0.389 e. The number of ketones is 1. The normalized spacial score (nSPS) is 38.6. The standard InChI is InChI=1S/C35H63N3O2/c1-24(26(3)39)10-8-11-25(2)29-12-13-30-33-31(15-17-35(29,30)5)34(4)16-14-28(22-27(34)23-32(33)40)38-21-9-20-37-19-7-6-18-36/h23-25,28-33,37-38,40H,6-22,36H2,1-5H3/t24-,25-,28+,29-,30?,31?,32-,33?,34+,35-/m1/s1. The van der Waals surface area contributed by atoms with Gasteiger partial charge in [-0.25, -0.2) is 0 Å². The molecule has 0 amide bonds. The van der Waals surface area contributed by atoms with Crippen molar-refractivity contribution in [1.82, 2.24) is 10.6 Å². The molecule has 0 heterocycles. The highest BCUT2D eigenvalue weighted by Gasteiger charge is 2.61. The number of nitrogens with two attached hydrogens (primary N) is 1. The van der Waals surface area contributed by atoms with Gasteiger partial charge in [0.1, 0.15) is 5.78 Å². The van der Waals surface area contributed by atoms with Crippen LogP contribution in [0.15, 0.2) is 11.6 Å². The molecule has 0 aliphatic heterocycles. The van der Waals surface area contributed by atoms with Crippen molar-refractivity contribution < 1.29 is 9.90 Å². The number of fused-ring (bicyclic) bond motifs is 5. The summed E-state index contributed by atoms with van der Waals surface area (Å²) < 4.78 is 0. The number of carbonyl (C=O) groups excluding carboxylic acids is 1. The molecular formula is C35H63N3O2. The van der Waals surface area contributed by atoms with E-state index in [1.54, 1.807) is 12.5 Å². The van der Waals surface area contributed by atoms with E-state index in [0.717, 1.165) is 51.4 Å². The van der Waals surface area contributed by atoms with Crippen LogP contribution in [0, 0.1) is 46.3 Å². The van der Waals surface area contributed by atoms with E-state index in [1.807, 2.05) is 0 Å². The van der Waals surface area contributed by atoms with Crippen LogP contribution in [-0.2, 0) is 4.79 Å². The van der Waals surface area contributed by atoms with Gasteiger partial charge in [-0.15, -0.1) is 0 Å². The van der Waals surface area contributed by atoms with Gasteiger partial charge in [-0.1, -0.05) is 52.2 Å². The van der Waals surface area contributed by atoms with Crippen molar-refractivity contribution in [2.24, 2.45) is 52.1 Å². The summed E-state index contributed by atoms with van der Waals surface area (Å²) in [5.74, 6) is 3.70. The van der Waals surface area contributed by atoms with Crippen LogP contribution < -0.4 is 16.4 Å². The van der Waals surface area contributed by atoms with Crippen molar-refractivity contribution in [3.63, 3.8) is 0 Å². The van der Waals surface area contributed by atoms with E-state index in [0.29, 0.717) is 40.9 Å². The Kier molecular flexibility index (Phi) is 11.4. The molecule has 4 rings (SSSR count). The fourth-order valence-electron chi connectivity index (χ4n) is 9.99. The number of hydrogen-bond acceptors (Lipinski definition) is 5. The van der Waals surface area contributed by atoms with Gasteiger partial charge >= 0.3 is 0 Å². The lowest BCUT2D eigenvalue weighted by molar-refractivity contribution is -0.120. The maximum Gasteiger partial charge on any atom is 0.132 e. The summed E-state index contributed by atoms with van der Waals surface area (Å²) in [6, 6.07) is 0.552. The molecular weight excluding hydrogens is 494 g/mol. The van der Waals surface area contributed by atoms with Gasteiger partial charge in [0.15, 0.2) is 0 Å². The van der Waals surface area contributed by atoms with Crippen molar-refractivity contribution >= 4 is 5.78 Å². The first kappa shape index (κ1) is 32.2.